The van der Waals surface area contributed by atoms with Gasteiger partial charge in [-0.2, -0.15) is 0 Å². The maximum absolute atomic E-state index is 6.08. The molecule has 0 aromatic carbocycles. The molecule has 1 aliphatic heterocycles. The molecule has 0 bridgehead atoms. The van der Waals surface area contributed by atoms with E-state index in [0.717, 1.165) is 36.1 Å². The van der Waals surface area contributed by atoms with Crippen LogP contribution in [0.1, 0.15) is 64.5 Å². The van der Waals surface area contributed by atoms with E-state index < -0.39 is 0 Å². The molecule has 5 heteroatoms. The van der Waals surface area contributed by atoms with Crippen molar-refractivity contribution in [3.63, 3.8) is 0 Å². The molecule has 1 atom stereocenters. The number of hydrogen-bond acceptors (Lipinski definition) is 5. The summed E-state index contributed by atoms with van der Waals surface area (Å²) in [6.07, 6.45) is 10.4. The van der Waals surface area contributed by atoms with Gasteiger partial charge in [-0.1, -0.05) is 63.8 Å². The summed E-state index contributed by atoms with van der Waals surface area (Å²) in [5.74, 6) is 1.07. The summed E-state index contributed by atoms with van der Waals surface area (Å²) in [6.45, 7) is 5.89. The van der Waals surface area contributed by atoms with Crippen molar-refractivity contribution in [2.24, 2.45) is 4.99 Å². The van der Waals surface area contributed by atoms with Crippen molar-refractivity contribution in [2.75, 3.05) is 12.4 Å². The van der Waals surface area contributed by atoms with Gasteiger partial charge in [0.25, 0.3) is 0 Å². The lowest BCUT2D eigenvalue weighted by molar-refractivity contribution is -0.105. The Hall–Kier alpha value is -1.07. The van der Waals surface area contributed by atoms with E-state index in [-0.39, 0.29) is 0 Å². The molecule has 0 spiro atoms. The van der Waals surface area contributed by atoms with Crippen LogP contribution >= 0.6 is 11.8 Å². The first kappa shape index (κ1) is 19.3. The highest BCUT2D eigenvalue weighted by Gasteiger charge is 2.23. The van der Waals surface area contributed by atoms with E-state index in [9.17, 15) is 0 Å². The highest BCUT2D eigenvalue weighted by atomic mass is 32.2. The molecule has 134 valence electrons. The Bertz CT molecular complexity index is 481. The number of pyridine rings is 1. The average molecular weight is 350 g/mol. The minimum atomic E-state index is 0.439. The monoisotopic (exact) mass is 349 g/mol. The Labute approximate surface area is 151 Å². The molecule has 1 aromatic rings. The number of aliphatic imine (C=N–C) groups is 1. The van der Waals surface area contributed by atoms with Crippen molar-refractivity contribution >= 4 is 16.9 Å². The topological polar surface area (TPSA) is 37.7 Å². The van der Waals surface area contributed by atoms with Crippen molar-refractivity contribution < 1.29 is 4.84 Å². The second kappa shape index (κ2) is 11.5. The molecule has 0 radical (unpaired) electrons. The standard InChI is InChI=1S/C19H31N3OS/c1-3-5-6-7-10-14-23-22(15-17-12-8-9-13-20-17)19-21-18(11-4-2)16-24-19/h8-9,12-13,18H,3-7,10-11,14-16H2,1-2H3. The molecule has 1 aromatic heterocycles. The highest BCUT2D eigenvalue weighted by Crippen LogP contribution is 2.25. The fourth-order valence-electron chi connectivity index (χ4n) is 2.71. The van der Waals surface area contributed by atoms with Gasteiger partial charge in [-0.15, -0.1) is 0 Å². The van der Waals surface area contributed by atoms with E-state index in [1.54, 1.807) is 0 Å². The van der Waals surface area contributed by atoms with Crippen LogP contribution in [-0.4, -0.2) is 33.6 Å². The summed E-state index contributed by atoms with van der Waals surface area (Å²) in [5, 5.41) is 2.98. The van der Waals surface area contributed by atoms with Gasteiger partial charge in [0.05, 0.1) is 24.9 Å². The third-order valence-electron chi connectivity index (χ3n) is 4.06. The average Bonchev–Trinajstić information content (AvgIpc) is 3.07. The molecule has 0 saturated carbocycles. The molecule has 24 heavy (non-hydrogen) atoms. The molecule has 1 aliphatic rings. The minimum absolute atomic E-state index is 0.439. The van der Waals surface area contributed by atoms with Gasteiger partial charge in [0.15, 0.2) is 5.17 Å². The van der Waals surface area contributed by atoms with Gasteiger partial charge in [0, 0.05) is 11.9 Å². The number of aromatic nitrogens is 1. The van der Waals surface area contributed by atoms with Crippen LogP contribution in [0, 0.1) is 0 Å². The second-order valence-corrected chi connectivity index (χ2v) is 7.26. The zero-order valence-electron chi connectivity index (χ0n) is 15.1. The predicted octanol–water partition coefficient (Wildman–Crippen LogP) is 5.06. The number of thioether (sulfide) groups is 1. The number of hydrogen-bond donors (Lipinski definition) is 0. The zero-order chi connectivity index (χ0) is 17.0. The predicted molar refractivity (Wildman–Crippen MR) is 103 cm³/mol. The first-order valence-electron chi connectivity index (χ1n) is 9.34. The fraction of sp³-hybridized carbons (Fsp3) is 0.684. The summed E-state index contributed by atoms with van der Waals surface area (Å²) in [5.41, 5.74) is 1.02. The van der Waals surface area contributed by atoms with Gasteiger partial charge >= 0.3 is 0 Å². The van der Waals surface area contributed by atoms with Crippen LogP contribution in [0.25, 0.3) is 0 Å². The molecule has 2 rings (SSSR count). The third-order valence-corrected chi connectivity index (χ3v) is 5.18. The van der Waals surface area contributed by atoms with Crippen molar-refractivity contribution in [1.82, 2.24) is 10.0 Å². The van der Waals surface area contributed by atoms with Crippen molar-refractivity contribution in [3.05, 3.63) is 30.1 Å². The Morgan fingerprint density at radius 2 is 2.04 bits per heavy atom. The van der Waals surface area contributed by atoms with E-state index in [1.165, 1.54) is 32.1 Å². The maximum Gasteiger partial charge on any atom is 0.184 e. The summed E-state index contributed by atoms with van der Waals surface area (Å²) >= 11 is 1.81. The van der Waals surface area contributed by atoms with E-state index in [2.05, 4.69) is 18.8 Å². The number of rotatable bonds is 11. The molecular formula is C19H31N3OS. The molecule has 2 heterocycles. The first-order valence-corrected chi connectivity index (χ1v) is 10.3. The van der Waals surface area contributed by atoms with Gasteiger partial charge < -0.3 is 0 Å². The van der Waals surface area contributed by atoms with Gasteiger partial charge in [-0.05, 0) is 25.0 Å². The number of amidine groups is 1. The SMILES string of the molecule is CCCCCCCON(Cc1ccccn1)C1=NC(CCC)CS1. The van der Waals surface area contributed by atoms with Crippen LogP contribution in [0.3, 0.4) is 0 Å². The van der Waals surface area contributed by atoms with Gasteiger partial charge in [0.2, 0.25) is 0 Å². The Kier molecular flexibility index (Phi) is 9.21. The van der Waals surface area contributed by atoms with Crippen LogP contribution in [0.2, 0.25) is 0 Å². The first-order chi connectivity index (χ1) is 11.8. The molecule has 0 aliphatic carbocycles. The summed E-state index contributed by atoms with van der Waals surface area (Å²) in [7, 11) is 0. The quantitative estimate of drug-likeness (QED) is 0.413. The Morgan fingerprint density at radius 1 is 1.17 bits per heavy atom. The zero-order valence-corrected chi connectivity index (χ0v) is 15.9. The van der Waals surface area contributed by atoms with Crippen LogP contribution < -0.4 is 0 Å². The minimum Gasteiger partial charge on any atom is -0.271 e. The molecule has 0 fully saturated rings. The third kappa shape index (κ3) is 6.81. The molecular weight excluding hydrogens is 318 g/mol. The fourth-order valence-corrected chi connectivity index (χ4v) is 3.77. The summed E-state index contributed by atoms with van der Waals surface area (Å²) < 4.78 is 0. The largest absolute Gasteiger partial charge is 0.271 e. The van der Waals surface area contributed by atoms with Crippen LogP contribution in [0.5, 0.6) is 0 Å². The number of unbranched alkanes of at least 4 members (excludes halogenated alkanes) is 4. The van der Waals surface area contributed by atoms with Gasteiger partial charge in [-0.25, -0.2) is 5.06 Å². The van der Waals surface area contributed by atoms with Gasteiger partial charge in [-0.3, -0.25) is 14.8 Å². The Balaban J connectivity index is 1.88. The van der Waals surface area contributed by atoms with Gasteiger partial charge in [0.1, 0.15) is 0 Å². The smallest absolute Gasteiger partial charge is 0.184 e. The lowest BCUT2D eigenvalue weighted by atomic mass is 10.2. The summed E-state index contributed by atoms with van der Waals surface area (Å²) in [6, 6.07) is 6.45. The molecule has 0 N–H and O–H groups in total. The summed E-state index contributed by atoms with van der Waals surface area (Å²) in [4.78, 5) is 15.4. The number of hydroxylamine groups is 2. The highest BCUT2D eigenvalue weighted by molar-refractivity contribution is 8.14. The van der Waals surface area contributed by atoms with E-state index >= 15 is 0 Å². The van der Waals surface area contributed by atoms with E-state index in [4.69, 9.17) is 9.83 Å². The maximum atomic E-state index is 6.08. The normalized spacial score (nSPS) is 17.1. The lowest BCUT2D eigenvalue weighted by Gasteiger charge is -2.22. The van der Waals surface area contributed by atoms with Crippen molar-refractivity contribution in [2.45, 2.75) is 71.4 Å². The molecule has 0 saturated heterocycles. The molecule has 4 nitrogen and oxygen atoms in total. The van der Waals surface area contributed by atoms with Crippen LogP contribution in [0.4, 0.5) is 0 Å². The Morgan fingerprint density at radius 3 is 2.79 bits per heavy atom. The van der Waals surface area contributed by atoms with E-state index in [1.807, 2.05) is 41.2 Å². The van der Waals surface area contributed by atoms with Crippen molar-refractivity contribution in [3.8, 4) is 0 Å². The van der Waals surface area contributed by atoms with Crippen molar-refractivity contribution in [1.29, 1.82) is 0 Å². The van der Waals surface area contributed by atoms with E-state index in [0.29, 0.717) is 12.6 Å². The second-order valence-electron chi connectivity index (χ2n) is 6.27. The lowest BCUT2D eigenvalue weighted by Crippen LogP contribution is -2.28. The van der Waals surface area contributed by atoms with Crippen LogP contribution in [0.15, 0.2) is 29.4 Å². The number of nitrogens with zero attached hydrogens (tertiary/aromatic N) is 3. The molecule has 1 unspecified atom stereocenters. The van der Waals surface area contributed by atoms with Crippen LogP contribution in [-0.2, 0) is 11.4 Å². The molecule has 0 amide bonds.